The van der Waals surface area contributed by atoms with Crippen LogP contribution in [0.25, 0.3) is 0 Å². The van der Waals surface area contributed by atoms with Crippen LogP contribution in [0.15, 0.2) is 27.6 Å². The zero-order valence-corrected chi connectivity index (χ0v) is 14.7. The van der Waals surface area contributed by atoms with Crippen molar-refractivity contribution in [3.05, 3.63) is 22.7 Å². The van der Waals surface area contributed by atoms with E-state index in [4.69, 9.17) is 4.74 Å². The van der Waals surface area contributed by atoms with Crippen LogP contribution >= 0.6 is 15.9 Å². The minimum absolute atomic E-state index is 0.244. The summed E-state index contributed by atoms with van der Waals surface area (Å²) in [6, 6.07) is 5.03. The van der Waals surface area contributed by atoms with Crippen LogP contribution < -0.4 is 9.46 Å². The number of benzene rings is 1. The van der Waals surface area contributed by atoms with Crippen LogP contribution in [0.5, 0.6) is 5.75 Å². The molecule has 2 rings (SSSR count). The molecule has 0 amide bonds. The second kappa shape index (κ2) is 7.09. The fraction of sp³-hybridized carbons (Fsp3) is 0.571. The number of rotatable bonds is 5. The normalized spacial score (nSPS) is 20.4. The van der Waals surface area contributed by atoms with E-state index < -0.39 is 10.0 Å². The molecule has 0 aromatic heterocycles. The molecular weight excluding hydrogens is 356 g/mol. The Bertz CT molecular complexity index is 592. The maximum Gasteiger partial charge on any atom is 0.240 e. The van der Waals surface area contributed by atoms with Gasteiger partial charge in [-0.1, -0.05) is 6.42 Å². The highest BCUT2D eigenvalue weighted by Gasteiger charge is 2.22. The van der Waals surface area contributed by atoms with Crippen LogP contribution in [-0.4, -0.2) is 46.6 Å². The molecule has 118 valence electrons. The van der Waals surface area contributed by atoms with Gasteiger partial charge < -0.3 is 9.64 Å². The van der Waals surface area contributed by atoms with Gasteiger partial charge in [-0.25, -0.2) is 13.1 Å². The van der Waals surface area contributed by atoms with Gasteiger partial charge in [0.2, 0.25) is 10.0 Å². The number of piperidine rings is 1. The molecule has 0 saturated carbocycles. The maximum atomic E-state index is 12.3. The molecule has 1 aromatic rings. The van der Waals surface area contributed by atoms with Gasteiger partial charge in [-0.15, -0.1) is 0 Å². The highest BCUT2D eigenvalue weighted by atomic mass is 79.9. The molecule has 0 aliphatic carbocycles. The predicted molar refractivity (Wildman–Crippen MR) is 86.2 cm³/mol. The average Bonchev–Trinajstić information content (AvgIpc) is 2.46. The Balaban J connectivity index is 2.06. The number of ether oxygens (including phenoxy) is 1. The summed E-state index contributed by atoms with van der Waals surface area (Å²) >= 11 is 3.31. The van der Waals surface area contributed by atoms with Crippen molar-refractivity contribution in [3.8, 4) is 5.75 Å². The number of sulfonamides is 1. The summed E-state index contributed by atoms with van der Waals surface area (Å²) in [5.41, 5.74) is 0. The Morgan fingerprint density at radius 2 is 2.19 bits per heavy atom. The van der Waals surface area contributed by atoms with E-state index in [1.807, 2.05) is 7.05 Å². The molecule has 1 N–H and O–H groups in total. The fourth-order valence-electron chi connectivity index (χ4n) is 2.51. The molecule has 1 atom stereocenters. The fourth-order valence-corrected chi connectivity index (χ4v) is 4.30. The first kappa shape index (κ1) is 16.7. The lowest BCUT2D eigenvalue weighted by molar-refractivity contribution is 0.187. The van der Waals surface area contributed by atoms with Gasteiger partial charge in [-0.3, -0.25) is 0 Å². The molecule has 7 heteroatoms. The van der Waals surface area contributed by atoms with Crippen LogP contribution in [-0.2, 0) is 10.0 Å². The number of likely N-dealkylation sites (N-methyl/N-ethyl adjacent to an activating group) is 1. The van der Waals surface area contributed by atoms with Gasteiger partial charge in [-0.2, -0.15) is 0 Å². The van der Waals surface area contributed by atoms with Gasteiger partial charge in [-0.05, 0) is 60.6 Å². The smallest absolute Gasteiger partial charge is 0.240 e. The molecule has 5 nitrogen and oxygen atoms in total. The van der Waals surface area contributed by atoms with Crippen molar-refractivity contribution in [2.24, 2.45) is 0 Å². The van der Waals surface area contributed by atoms with Gasteiger partial charge in [0.1, 0.15) is 5.75 Å². The summed E-state index contributed by atoms with van der Waals surface area (Å²) < 4.78 is 33.1. The molecule has 1 saturated heterocycles. The molecule has 0 spiro atoms. The lowest BCUT2D eigenvalue weighted by Gasteiger charge is -2.32. The first-order valence-corrected chi connectivity index (χ1v) is 9.25. The van der Waals surface area contributed by atoms with Crippen molar-refractivity contribution in [3.63, 3.8) is 0 Å². The molecule has 0 radical (unpaired) electrons. The highest BCUT2D eigenvalue weighted by Crippen LogP contribution is 2.27. The highest BCUT2D eigenvalue weighted by molar-refractivity contribution is 9.10. The number of halogens is 1. The zero-order chi connectivity index (χ0) is 15.5. The van der Waals surface area contributed by atoms with Crippen molar-refractivity contribution in [2.45, 2.75) is 30.2 Å². The molecular formula is C14H21BrN2O3S. The van der Waals surface area contributed by atoms with E-state index in [0.717, 1.165) is 19.4 Å². The quantitative estimate of drug-likeness (QED) is 0.855. The van der Waals surface area contributed by atoms with Crippen molar-refractivity contribution in [2.75, 3.05) is 27.2 Å². The molecule has 1 unspecified atom stereocenters. The molecule has 1 aromatic carbocycles. The van der Waals surface area contributed by atoms with E-state index >= 15 is 0 Å². The lowest BCUT2D eigenvalue weighted by atomic mass is 10.0. The summed E-state index contributed by atoms with van der Waals surface area (Å²) in [5, 5.41) is 0. The molecule has 21 heavy (non-hydrogen) atoms. The third kappa shape index (κ3) is 4.18. The summed E-state index contributed by atoms with van der Waals surface area (Å²) in [7, 11) is 0.0980. The third-order valence-electron chi connectivity index (χ3n) is 3.86. The van der Waals surface area contributed by atoms with E-state index in [1.165, 1.54) is 6.42 Å². The van der Waals surface area contributed by atoms with Gasteiger partial charge in [0.25, 0.3) is 0 Å². The summed E-state index contributed by atoms with van der Waals surface area (Å²) in [6.45, 7) is 1.48. The van der Waals surface area contributed by atoms with Crippen LogP contribution in [0.3, 0.4) is 0 Å². The van der Waals surface area contributed by atoms with Crippen molar-refractivity contribution in [1.82, 2.24) is 9.62 Å². The van der Waals surface area contributed by atoms with Gasteiger partial charge in [0.15, 0.2) is 0 Å². The Hall–Kier alpha value is -0.630. The number of likely N-dealkylation sites (tertiary alicyclic amines) is 1. The Morgan fingerprint density at radius 1 is 1.43 bits per heavy atom. The monoisotopic (exact) mass is 376 g/mol. The largest absolute Gasteiger partial charge is 0.496 e. The van der Waals surface area contributed by atoms with E-state index in [9.17, 15) is 8.42 Å². The topological polar surface area (TPSA) is 58.6 Å². The maximum absolute atomic E-state index is 12.3. The minimum Gasteiger partial charge on any atom is -0.496 e. The second-order valence-electron chi connectivity index (χ2n) is 5.28. The third-order valence-corrected chi connectivity index (χ3v) is 5.91. The second-order valence-corrected chi connectivity index (χ2v) is 7.90. The lowest BCUT2D eigenvalue weighted by Crippen LogP contribution is -2.44. The SMILES string of the molecule is COc1ccc(S(=O)(=O)NCC2CCCCN2C)cc1Br. The number of hydrogen-bond donors (Lipinski definition) is 1. The standard InChI is InChI=1S/C14H21BrN2O3S/c1-17-8-4-3-5-11(17)10-16-21(18,19)12-6-7-14(20-2)13(15)9-12/h6-7,9,11,16H,3-5,8,10H2,1-2H3. The predicted octanol–water partition coefficient (Wildman–Crippen LogP) is 2.22. The molecule has 0 bridgehead atoms. The Kier molecular flexibility index (Phi) is 5.65. The summed E-state index contributed by atoms with van der Waals surface area (Å²) in [6.07, 6.45) is 3.38. The van der Waals surface area contributed by atoms with E-state index in [2.05, 4.69) is 25.6 Å². The minimum atomic E-state index is -3.49. The van der Waals surface area contributed by atoms with Crippen molar-refractivity contribution >= 4 is 26.0 Å². The zero-order valence-electron chi connectivity index (χ0n) is 12.3. The number of methoxy groups -OCH3 is 1. The van der Waals surface area contributed by atoms with Crippen molar-refractivity contribution in [1.29, 1.82) is 0 Å². The van der Waals surface area contributed by atoms with E-state index in [1.54, 1.807) is 25.3 Å². The van der Waals surface area contributed by atoms with Crippen molar-refractivity contribution < 1.29 is 13.2 Å². The van der Waals surface area contributed by atoms with Gasteiger partial charge in [0, 0.05) is 12.6 Å². The van der Waals surface area contributed by atoms with E-state index in [0.29, 0.717) is 16.8 Å². The Morgan fingerprint density at radius 3 is 2.81 bits per heavy atom. The summed E-state index contributed by atoms with van der Waals surface area (Å²) in [5.74, 6) is 0.612. The molecule has 1 fully saturated rings. The van der Waals surface area contributed by atoms with Gasteiger partial charge >= 0.3 is 0 Å². The first-order chi connectivity index (χ1) is 9.94. The van der Waals surface area contributed by atoms with Crippen LogP contribution in [0.2, 0.25) is 0 Å². The van der Waals surface area contributed by atoms with Crippen LogP contribution in [0, 0.1) is 0 Å². The Labute approximate surface area is 134 Å². The molecule has 1 aliphatic heterocycles. The number of nitrogens with zero attached hydrogens (tertiary/aromatic N) is 1. The first-order valence-electron chi connectivity index (χ1n) is 6.97. The summed E-state index contributed by atoms with van der Waals surface area (Å²) in [4.78, 5) is 2.46. The number of nitrogens with one attached hydrogen (secondary N) is 1. The van der Waals surface area contributed by atoms with E-state index in [-0.39, 0.29) is 10.9 Å². The van der Waals surface area contributed by atoms with Crippen LogP contribution in [0.4, 0.5) is 0 Å². The molecule has 1 heterocycles. The molecule has 1 aliphatic rings. The number of hydrogen-bond acceptors (Lipinski definition) is 4. The average molecular weight is 377 g/mol. The van der Waals surface area contributed by atoms with Gasteiger partial charge in [0.05, 0.1) is 16.5 Å². The van der Waals surface area contributed by atoms with Crippen LogP contribution in [0.1, 0.15) is 19.3 Å².